The van der Waals surface area contributed by atoms with E-state index in [1.165, 1.54) is 0 Å². The van der Waals surface area contributed by atoms with Gasteiger partial charge in [0.25, 0.3) is 0 Å². The van der Waals surface area contributed by atoms with Gasteiger partial charge in [0.05, 0.1) is 0 Å². The lowest BCUT2D eigenvalue weighted by Gasteiger charge is -2.04. The summed E-state index contributed by atoms with van der Waals surface area (Å²) in [7, 11) is 0. The van der Waals surface area contributed by atoms with E-state index in [1.807, 2.05) is 6.92 Å². The molecule has 0 atom stereocenters. The van der Waals surface area contributed by atoms with E-state index in [4.69, 9.17) is 0 Å². The van der Waals surface area contributed by atoms with E-state index in [0.717, 1.165) is 0 Å². The molecule has 0 saturated carbocycles. The lowest BCUT2D eigenvalue weighted by molar-refractivity contribution is 0.752. The highest BCUT2D eigenvalue weighted by Crippen LogP contribution is 2.17. The first-order valence-corrected chi connectivity index (χ1v) is 2.47. The maximum Gasteiger partial charge on any atom is 0.191 e. The van der Waals surface area contributed by atoms with Crippen LogP contribution in [0.15, 0.2) is 9.98 Å². The molecule has 1 heterocycles. The minimum atomic E-state index is -0.472. The summed E-state index contributed by atoms with van der Waals surface area (Å²) in [5.74, 6) is 0. The van der Waals surface area contributed by atoms with Gasteiger partial charge in [-0.25, -0.2) is 0 Å². The molecule has 0 aromatic rings. The highest BCUT2D eigenvalue weighted by molar-refractivity contribution is 7.81. The zero-order chi connectivity index (χ0) is 5.33. The molecule has 2 nitrogen and oxygen atoms in total. The molecule has 0 unspecified atom stereocenters. The van der Waals surface area contributed by atoms with Crippen LogP contribution in [0.3, 0.4) is 0 Å². The van der Waals surface area contributed by atoms with Crippen LogP contribution in [-0.4, -0.2) is 17.4 Å². The molecule has 38 valence electrons. The van der Waals surface area contributed by atoms with Gasteiger partial charge in [-0.2, -0.15) is 0 Å². The molecule has 1 aliphatic heterocycles. The van der Waals surface area contributed by atoms with E-state index in [-0.39, 0.29) is 0 Å². The van der Waals surface area contributed by atoms with Gasteiger partial charge >= 0.3 is 0 Å². The number of thiol groups is 1. The molecule has 0 spiro atoms. The molecular weight excluding hydrogens is 108 g/mol. The van der Waals surface area contributed by atoms with Crippen LogP contribution < -0.4 is 0 Å². The van der Waals surface area contributed by atoms with Gasteiger partial charge in [0.2, 0.25) is 0 Å². The Balaban J connectivity index is 2.77. The van der Waals surface area contributed by atoms with Gasteiger partial charge in [0.15, 0.2) is 4.99 Å². The van der Waals surface area contributed by atoms with Crippen molar-refractivity contribution in [1.82, 2.24) is 0 Å². The van der Waals surface area contributed by atoms with Crippen LogP contribution in [0, 0.1) is 0 Å². The fraction of sp³-hybridized carbons (Fsp3) is 0.500. The van der Waals surface area contributed by atoms with Crippen molar-refractivity contribution in [3.05, 3.63) is 0 Å². The number of hydrogen-bond acceptors (Lipinski definition) is 3. The van der Waals surface area contributed by atoms with Crippen molar-refractivity contribution in [3.8, 4) is 0 Å². The van der Waals surface area contributed by atoms with E-state index >= 15 is 0 Å². The van der Waals surface area contributed by atoms with Crippen molar-refractivity contribution in [2.24, 2.45) is 9.98 Å². The number of rotatable bonds is 0. The summed E-state index contributed by atoms with van der Waals surface area (Å²) in [6.07, 6.45) is 3.29. The summed E-state index contributed by atoms with van der Waals surface area (Å²) >= 11 is 4.05. The Morgan fingerprint density at radius 1 is 1.43 bits per heavy atom. The summed E-state index contributed by atoms with van der Waals surface area (Å²) in [6.45, 7) is 1.83. The Bertz CT molecular complexity index is 112. The quantitative estimate of drug-likeness (QED) is 0.449. The third-order valence-corrected chi connectivity index (χ3v) is 0.936. The van der Waals surface area contributed by atoms with Gasteiger partial charge in [-0.05, 0) is 6.92 Å². The molecule has 0 bridgehead atoms. The molecule has 0 aromatic heterocycles. The molecule has 1 rings (SSSR count). The Hall–Kier alpha value is -0.310. The first-order chi connectivity index (χ1) is 3.21. The first-order valence-electron chi connectivity index (χ1n) is 2.02. The Morgan fingerprint density at radius 3 is 2.00 bits per heavy atom. The predicted octanol–water partition coefficient (Wildman–Crippen LogP) is 0.745. The van der Waals surface area contributed by atoms with E-state index < -0.39 is 4.99 Å². The van der Waals surface area contributed by atoms with Crippen molar-refractivity contribution < 1.29 is 0 Å². The molecule has 3 heteroatoms. The topological polar surface area (TPSA) is 24.7 Å². The van der Waals surface area contributed by atoms with Crippen LogP contribution in [0.1, 0.15) is 6.92 Å². The standard InChI is InChI=1S/C4H6N2S/c1-4(7)5-2-3-6-4/h2-3,7H,1H3. The van der Waals surface area contributed by atoms with Gasteiger partial charge in [-0.3, -0.25) is 9.98 Å². The Morgan fingerprint density at radius 2 is 1.86 bits per heavy atom. The summed E-state index contributed by atoms with van der Waals surface area (Å²) in [4.78, 5) is 7.30. The highest BCUT2D eigenvalue weighted by Gasteiger charge is 2.14. The normalized spacial score (nSPS) is 23.7. The lowest BCUT2D eigenvalue weighted by atomic mass is 10.6. The van der Waals surface area contributed by atoms with Crippen LogP contribution >= 0.6 is 12.6 Å². The van der Waals surface area contributed by atoms with Crippen LogP contribution in [0.4, 0.5) is 0 Å². The van der Waals surface area contributed by atoms with Gasteiger partial charge in [-0.15, -0.1) is 12.6 Å². The molecule has 0 N–H and O–H groups in total. The van der Waals surface area contributed by atoms with E-state index in [9.17, 15) is 0 Å². The average Bonchev–Trinajstić information content (AvgIpc) is 1.84. The van der Waals surface area contributed by atoms with Gasteiger partial charge in [0, 0.05) is 12.4 Å². The minimum absolute atomic E-state index is 0.472. The summed E-state index contributed by atoms with van der Waals surface area (Å²) in [5.41, 5.74) is 0. The molecule has 0 saturated heterocycles. The molecule has 0 aliphatic carbocycles. The zero-order valence-corrected chi connectivity index (χ0v) is 4.89. The van der Waals surface area contributed by atoms with Crippen LogP contribution in [-0.2, 0) is 0 Å². The molecule has 0 fully saturated rings. The van der Waals surface area contributed by atoms with Crippen molar-refractivity contribution in [2.75, 3.05) is 0 Å². The second-order valence-corrected chi connectivity index (χ2v) is 2.37. The molecule has 1 aliphatic rings. The smallest absolute Gasteiger partial charge is 0.191 e. The molecule has 0 amide bonds. The van der Waals surface area contributed by atoms with Crippen molar-refractivity contribution >= 4 is 25.1 Å². The summed E-state index contributed by atoms with van der Waals surface area (Å²) in [6, 6.07) is 0. The van der Waals surface area contributed by atoms with E-state index in [1.54, 1.807) is 12.4 Å². The third kappa shape index (κ3) is 1.03. The number of nitrogens with zero attached hydrogens (tertiary/aromatic N) is 2. The fourth-order valence-electron chi connectivity index (χ4n) is 0.382. The maximum absolute atomic E-state index is 4.05. The third-order valence-electron chi connectivity index (χ3n) is 0.705. The number of aliphatic imine (C=N–C) groups is 2. The predicted molar refractivity (Wildman–Crippen MR) is 34.4 cm³/mol. The highest BCUT2D eigenvalue weighted by atomic mass is 32.1. The van der Waals surface area contributed by atoms with Gasteiger partial charge < -0.3 is 0 Å². The second-order valence-electron chi connectivity index (χ2n) is 1.53. The van der Waals surface area contributed by atoms with Crippen molar-refractivity contribution in [3.63, 3.8) is 0 Å². The average molecular weight is 114 g/mol. The first kappa shape index (κ1) is 4.84. The van der Waals surface area contributed by atoms with Crippen LogP contribution in [0.25, 0.3) is 0 Å². The van der Waals surface area contributed by atoms with Crippen LogP contribution in [0.5, 0.6) is 0 Å². The van der Waals surface area contributed by atoms with Gasteiger partial charge in [0.1, 0.15) is 0 Å². The monoisotopic (exact) mass is 114 g/mol. The minimum Gasteiger partial charge on any atom is -0.252 e. The summed E-state index contributed by atoms with van der Waals surface area (Å²) in [5, 5.41) is 0. The maximum atomic E-state index is 4.05. The fourth-order valence-corrected chi connectivity index (χ4v) is 0.516. The SMILES string of the molecule is CC1(S)N=CC=N1. The van der Waals surface area contributed by atoms with E-state index in [0.29, 0.717) is 0 Å². The molecule has 0 radical (unpaired) electrons. The Labute approximate surface area is 47.8 Å². The zero-order valence-electron chi connectivity index (χ0n) is 4.00. The molecule has 7 heavy (non-hydrogen) atoms. The Kier molecular flexibility index (Phi) is 0.922. The molecule has 0 aromatic carbocycles. The lowest BCUT2D eigenvalue weighted by Crippen LogP contribution is -2.02. The van der Waals surface area contributed by atoms with Crippen molar-refractivity contribution in [1.29, 1.82) is 0 Å². The van der Waals surface area contributed by atoms with Crippen molar-refractivity contribution in [2.45, 2.75) is 11.9 Å². The largest absolute Gasteiger partial charge is 0.252 e. The van der Waals surface area contributed by atoms with Gasteiger partial charge in [-0.1, -0.05) is 0 Å². The number of hydrogen-bond donors (Lipinski definition) is 1. The van der Waals surface area contributed by atoms with E-state index in [2.05, 4.69) is 22.6 Å². The molecular formula is C4H6N2S. The second kappa shape index (κ2) is 1.33. The summed E-state index contributed by atoms with van der Waals surface area (Å²) < 4.78 is 0. The van der Waals surface area contributed by atoms with Crippen LogP contribution in [0.2, 0.25) is 0 Å².